The summed E-state index contributed by atoms with van der Waals surface area (Å²) in [5.41, 5.74) is 0.796. The number of anilines is 1. The van der Waals surface area contributed by atoms with Crippen molar-refractivity contribution in [2.24, 2.45) is 0 Å². The van der Waals surface area contributed by atoms with Gasteiger partial charge in [-0.15, -0.1) is 0 Å². The van der Waals surface area contributed by atoms with Crippen LogP contribution in [0.15, 0.2) is 42.5 Å². The number of para-hydroxylation sites is 2. The predicted molar refractivity (Wildman–Crippen MR) is 144 cm³/mol. The maximum Gasteiger partial charge on any atom is 0.244 e. The fourth-order valence-electron chi connectivity index (χ4n) is 3.62. The Labute approximate surface area is 223 Å². The Morgan fingerprint density at radius 1 is 1.08 bits per heavy atom. The fourth-order valence-corrected chi connectivity index (χ4v) is 4.95. The Bertz CT molecular complexity index is 1180. The Balaban J connectivity index is 2.51. The van der Waals surface area contributed by atoms with E-state index in [-0.39, 0.29) is 24.2 Å². The lowest BCUT2D eigenvalue weighted by molar-refractivity contribution is -0.140. The van der Waals surface area contributed by atoms with Crippen LogP contribution in [-0.4, -0.2) is 57.1 Å². The Morgan fingerprint density at radius 2 is 1.75 bits per heavy atom. The summed E-state index contributed by atoms with van der Waals surface area (Å²) < 4.78 is 31.8. The van der Waals surface area contributed by atoms with E-state index < -0.39 is 28.5 Å². The molecule has 0 aliphatic heterocycles. The number of methoxy groups -OCH3 is 1. The summed E-state index contributed by atoms with van der Waals surface area (Å²) in [4.78, 5) is 28.3. The van der Waals surface area contributed by atoms with Gasteiger partial charge in [0.2, 0.25) is 21.8 Å². The van der Waals surface area contributed by atoms with E-state index in [0.717, 1.165) is 17.0 Å². The molecule has 0 fully saturated rings. The van der Waals surface area contributed by atoms with Gasteiger partial charge in [0.1, 0.15) is 18.3 Å². The topological polar surface area (TPSA) is 96.0 Å². The van der Waals surface area contributed by atoms with Gasteiger partial charge in [0.05, 0.1) is 19.1 Å². The molecule has 0 spiro atoms. The molecule has 0 heterocycles. The van der Waals surface area contributed by atoms with Crippen LogP contribution in [-0.2, 0) is 26.2 Å². The van der Waals surface area contributed by atoms with Crippen molar-refractivity contribution in [3.63, 3.8) is 0 Å². The monoisotopic (exact) mass is 557 g/mol. The second-order valence-corrected chi connectivity index (χ2v) is 11.2. The molecule has 2 aromatic rings. The zero-order valence-electron chi connectivity index (χ0n) is 21.1. The van der Waals surface area contributed by atoms with Gasteiger partial charge in [-0.2, -0.15) is 0 Å². The highest BCUT2D eigenvalue weighted by Gasteiger charge is 2.33. The lowest BCUT2D eigenvalue weighted by atomic mass is 10.1. The number of hydrogen-bond acceptors (Lipinski definition) is 5. The minimum absolute atomic E-state index is 0.00913. The zero-order valence-corrected chi connectivity index (χ0v) is 23.5. The van der Waals surface area contributed by atoms with E-state index in [2.05, 4.69) is 5.32 Å². The predicted octanol–water partition coefficient (Wildman–Crippen LogP) is 4.49. The van der Waals surface area contributed by atoms with Gasteiger partial charge < -0.3 is 15.0 Å². The number of carbonyl (C=O) groups is 2. The van der Waals surface area contributed by atoms with Crippen molar-refractivity contribution in [2.75, 3.05) is 24.2 Å². The molecule has 1 N–H and O–H groups in total. The largest absolute Gasteiger partial charge is 0.495 e. The number of nitrogens with one attached hydrogen (secondary N) is 1. The summed E-state index contributed by atoms with van der Waals surface area (Å²) in [6.07, 6.45) is 2.04. The summed E-state index contributed by atoms with van der Waals surface area (Å²) in [5.74, 6) is -0.596. The third-order valence-electron chi connectivity index (χ3n) is 5.78. The number of nitrogens with zero attached hydrogens (tertiary/aromatic N) is 2. The second kappa shape index (κ2) is 13.2. The van der Waals surface area contributed by atoms with Crippen LogP contribution in [0.25, 0.3) is 0 Å². The minimum atomic E-state index is -3.88. The van der Waals surface area contributed by atoms with Crippen molar-refractivity contribution in [2.45, 2.75) is 52.2 Å². The molecular weight excluding hydrogens is 525 g/mol. The van der Waals surface area contributed by atoms with Crippen LogP contribution >= 0.6 is 23.2 Å². The average molecular weight is 559 g/mol. The van der Waals surface area contributed by atoms with Crippen molar-refractivity contribution in [1.82, 2.24) is 10.2 Å². The molecule has 8 nitrogen and oxygen atoms in total. The Hall–Kier alpha value is -2.49. The second-order valence-electron chi connectivity index (χ2n) is 8.44. The molecule has 198 valence electrons. The first-order valence-corrected chi connectivity index (χ1v) is 14.2. The lowest BCUT2D eigenvalue weighted by Gasteiger charge is -2.33. The van der Waals surface area contributed by atoms with E-state index in [1.54, 1.807) is 49.4 Å². The third-order valence-corrected chi connectivity index (χ3v) is 7.49. The molecule has 0 aromatic heterocycles. The zero-order chi connectivity index (χ0) is 27.0. The molecule has 36 heavy (non-hydrogen) atoms. The molecule has 0 aliphatic rings. The van der Waals surface area contributed by atoms with Crippen LogP contribution in [0.1, 0.15) is 39.2 Å². The van der Waals surface area contributed by atoms with E-state index >= 15 is 0 Å². The highest BCUT2D eigenvalue weighted by Crippen LogP contribution is 2.30. The summed E-state index contributed by atoms with van der Waals surface area (Å²) in [5, 5.41) is 3.69. The van der Waals surface area contributed by atoms with Gasteiger partial charge in [0.25, 0.3) is 0 Å². The summed E-state index contributed by atoms with van der Waals surface area (Å²) in [6, 6.07) is 10.5. The van der Waals surface area contributed by atoms with Gasteiger partial charge in [-0.05, 0) is 49.6 Å². The van der Waals surface area contributed by atoms with E-state index in [1.165, 1.54) is 12.0 Å². The smallest absolute Gasteiger partial charge is 0.244 e. The molecule has 2 aromatic carbocycles. The van der Waals surface area contributed by atoms with E-state index in [9.17, 15) is 18.0 Å². The number of ether oxygens (including phenoxy) is 1. The van der Waals surface area contributed by atoms with Gasteiger partial charge >= 0.3 is 0 Å². The SMILES string of the molecule is CCC(C)NC(=O)C(CC)N(Cc1ccc(Cl)cc1Cl)C(=O)CN(c1ccccc1OC)S(C)(=O)=O. The van der Waals surface area contributed by atoms with Gasteiger partial charge in [0, 0.05) is 22.6 Å². The van der Waals surface area contributed by atoms with Crippen LogP contribution in [0, 0.1) is 0 Å². The standard InChI is InChI=1S/C25H33Cl2N3O5S/c1-6-17(3)28-25(32)21(7-2)29(15-18-12-13-19(26)14-20(18)27)24(31)16-30(36(5,33)34)22-10-8-9-11-23(22)35-4/h8-14,17,21H,6-7,15-16H2,1-5H3,(H,28,32). The van der Waals surface area contributed by atoms with Crippen LogP contribution in [0.3, 0.4) is 0 Å². The summed E-state index contributed by atoms with van der Waals surface area (Å²) >= 11 is 12.4. The number of benzene rings is 2. The van der Waals surface area contributed by atoms with Crippen molar-refractivity contribution in [3.8, 4) is 5.75 Å². The maximum absolute atomic E-state index is 13.7. The van der Waals surface area contributed by atoms with Gasteiger partial charge in [-0.3, -0.25) is 13.9 Å². The van der Waals surface area contributed by atoms with E-state index in [0.29, 0.717) is 27.8 Å². The molecule has 2 unspecified atom stereocenters. The normalized spacial score (nSPS) is 13.0. The van der Waals surface area contributed by atoms with Crippen LogP contribution in [0.2, 0.25) is 10.0 Å². The Kier molecular flexibility index (Phi) is 10.9. The van der Waals surface area contributed by atoms with Crippen LogP contribution in [0.5, 0.6) is 5.75 Å². The van der Waals surface area contributed by atoms with Gasteiger partial charge in [-0.1, -0.05) is 55.2 Å². The number of halogens is 2. The molecule has 0 aliphatic carbocycles. The number of hydrogen-bond donors (Lipinski definition) is 1. The van der Waals surface area contributed by atoms with Crippen molar-refractivity contribution >= 4 is 50.7 Å². The minimum Gasteiger partial charge on any atom is -0.495 e. The number of carbonyl (C=O) groups excluding carboxylic acids is 2. The Morgan fingerprint density at radius 3 is 2.31 bits per heavy atom. The van der Waals surface area contributed by atoms with Crippen molar-refractivity contribution < 1.29 is 22.7 Å². The molecule has 2 amide bonds. The first-order chi connectivity index (χ1) is 16.9. The number of amides is 2. The van der Waals surface area contributed by atoms with Gasteiger partial charge in [0.15, 0.2) is 0 Å². The highest BCUT2D eigenvalue weighted by atomic mass is 35.5. The molecule has 11 heteroatoms. The summed E-state index contributed by atoms with van der Waals surface area (Å²) in [6.45, 7) is 5.07. The average Bonchev–Trinajstić information content (AvgIpc) is 2.82. The third kappa shape index (κ3) is 7.75. The fraction of sp³-hybridized carbons (Fsp3) is 0.440. The van der Waals surface area contributed by atoms with E-state index in [4.69, 9.17) is 27.9 Å². The molecule has 2 rings (SSSR count). The molecule has 0 bridgehead atoms. The van der Waals surface area contributed by atoms with Crippen molar-refractivity contribution in [3.05, 3.63) is 58.1 Å². The lowest BCUT2D eigenvalue weighted by Crippen LogP contribution is -2.53. The quantitative estimate of drug-likeness (QED) is 0.414. The summed E-state index contributed by atoms with van der Waals surface area (Å²) in [7, 11) is -2.46. The molecule has 0 saturated heterocycles. The molecule has 0 radical (unpaired) electrons. The van der Waals surface area contributed by atoms with Gasteiger partial charge in [-0.25, -0.2) is 8.42 Å². The molecular formula is C25H33Cl2N3O5S. The number of rotatable bonds is 12. The van der Waals surface area contributed by atoms with Crippen LogP contribution < -0.4 is 14.4 Å². The highest BCUT2D eigenvalue weighted by molar-refractivity contribution is 7.92. The number of sulfonamides is 1. The first kappa shape index (κ1) is 29.7. The molecule has 2 atom stereocenters. The van der Waals surface area contributed by atoms with Crippen molar-refractivity contribution in [1.29, 1.82) is 0 Å². The maximum atomic E-state index is 13.7. The first-order valence-electron chi connectivity index (χ1n) is 11.6. The van der Waals surface area contributed by atoms with E-state index in [1.807, 2.05) is 13.8 Å². The molecule has 0 saturated carbocycles. The van der Waals surface area contributed by atoms with Crippen LogP contribution in [0.4, 0.5) is 5.69 Å².